The molecular formula is C17H20F5N2P. The van der Waals surface area contributed by atoms with Crippen molar-refractivity contribution in [3.05, 3.63) is 41.5 Å². The molecule has 2 aromatic rings. The van der Waals surface area contributed by atoms with Crippen LogP contribution in [0.3, 0.4) is 0 Å². The Morgan fingerprint density at radius 3 is 1.56 bits per heavy atom. The summed E-state index contributed by atoms with van der Waals surface area (Å²) in [6.07, 6.45) is 2.53. The Morgan fingerprint density at radius 1 is 0.760 bits per heavy atom. The predicted octanol–water partition coefficient (Wildman–Crippen LogP) is 5.27. The Balaban J connectivity index is 2.81. The van der Waals surface area contributed by atoms with Gasteiger partial charge in [0.25, 0.3) is 0 Å². The van der Waals surface area contributed by atoms with Gasteiger partial charge < -0.3 is 0 Å². The van der Waals surface area contributed by atoms with Gasteiger partial charge in [0.2, 0.25) is 5.82 Å². The third-order valence-electron chi connectivity index (χ3n) is 3.59. The Labute approximate surface area is 144 Å². The minimum Gasteiger partial charge on any atom is -0.294 e. The van der Waals surface area contributed by atoms with Crippen molar-refractivity contribution in [3.63, 3.8) is 0 Å². The molecule has 1 aromatic carbocycles. The molecule has 0 N–H and O–H groups in total. The van der Waals surface area contributed by atoms with Crippen LogP contribution in [0.1, 0.15) is 41.5 Å². The van der Waals surface area contributed by atoms with E-state index in [4.69, 9.17) is 0 Å². The molecule has 0 spiro atoms. The van der Waals surface area contributed by atoms with Crippen molar-refractivity contribution >= 4 is 13.5 Å². The van der Waals surface area contributed by atoms with E-state index in [-0.39, 0.29) is 10.3 Å². The molecule has 138 valence electrons. The first-order valence-corrected chi connectivity index (χ1v) is 8.98. The quantitative estimate of drug-likeness (QED) is 0.301. The van der Waals surface area contributed by atoms with Crippen LogP contribution < -0.4 is 5.57 Å². The molecule has 0 amide bonds. The van der Waals surface area contributed by atoms with Crippen LogP contribution in [-0.4, -0.2) is 19.9 Å². The fourth-order valence-corrected chi connectivity index (χ4v) is 6.82. The van der Waals surface area contributed by atoms with Crippen LogP contribution in [0, 0.1) is 29.1 Å². The summed E-state index contributed by atoms with van der Waals surface area (Å²) in [5.41, 5.74) is -0.692. The second-order valence-electron chi connectivity index (χ2n) is 7.69. The average molecular weight is 378 g/mol. The van der Waals surface area contributed by atoms with Crippen molar-refractivity contribution in [2.24, 2.45) is 0 Å². The van der Waals surface area contributed by atoms with Gasteiger partial charge in [-0.25, -0.2) is 26.9 Å². The van der Waals surface area contributed by atoms with Crippen molar-refractivity contribution in [1.82, 2.24) is 9.55 Å². The van der Waals surface area contributed by atoms with E-state index in [0.717, 1.165) is 4.57 Å². The standard InChI is InChI=1S/C17H20F5N2P/c1-16(2,3)25(17(4,5)6)15-23-7-8-24(15)14-12(21)10(19)9(18)11(20)13(14)22/h7-8H,1-6H3. The van der Waals surface area contributed by atoms with E-state index in [1.807, 2.05) is 41.5 Å². The summed E-state index contributed by atoms with van der Waals surface area (Å²) < 4.78 is 70.0. The van der Waals surface area contributed by atoms with Gasteiger partial charge in [-0.2, -0.15) is 0 Å². The third-order valence-corrected chi connectivity index (χ3v) is 7.00. The Morgan fingerprint density at radius 2 is 1.16 bits per heavy atom. The van der Waals surface area contributed by atoms with Crippen molar-refractivity contribution in [2.75, 3.05) is 0 Å². The van der Waals surface area contributed by atoms with E-state index in [1.54, 1.807) is 0 Å². The summed E-state index contributed by atoms with van der Waals surface area (Å²) >= 11 is 0. The number of rotatable bonds is 2. The molecule has 2 nitrogen and oxygen atoms in total. The molecule has 0 radical (unpaired) electrons. The van der Waals surface area contributed by atoms with Crippen LogP contribution in [-0.2, 0) is 0 Å². The molecule has 2 rings (SSSR count). The number of hydrogen-bond acceptors (Lipinski definition) is 1. The van der Waals surface area contributed by atoms with Crippen LogP contribution in [0.25, 0.3) is 5.69 Å². The highest BCUT2D eigenvalue weighted by Gasteiger charge is 2.40. The maximum absolute atomic E-state index is 14.2. The van der Waals surface area contributed by atoms with Gasteiger partial charge in [0.1, 0.15) is 11.3 Å². The van der Waals surface area contributed by atoms with E-state index in [2.05, 4.69) is 4.98 Å². The van der Waals surface area contributed by atoms with Crippen molar-refractivity contribution < 1.29 is 22.0 Å². The lowest BCUT2D eigenvalue weighted by Crippen LogP contribution is -2.35. The number of hydrogen-bond donors (Lipinski definition) is 0. The van der Waals surface area contributed by atoms with Crippen LogP contribution >= 0.6 is 7.92 Å². The summed E-state index contributed by atoms with van der Waals surface area (Å²) in [7, 11) is -1.12. The van der Waals surface area contributed by atoms with Gasteiger partial charge in [-0.1, -0.05) is 41.5 Å². The third kappa shape index (κ3) is 3.43. The summed E-state index contributed by atoms with van der Waals surface area (Å²) in [6.45, 7) is 11.8. The van der Waals surface area contributed by atoms with Crippen molar-refractivity contribution in [1.29, 1.82) is 0 Å². The zero-order valence-corrected chi connectivity index (χ0v) is 15.8. The second kappa shape index (κ2) is 6.35. The fraction of sp³-hybridized carbons (Fsp3) is 0.471. The summed E-state index contributed by atoms with van der Waals surface area (Å²) in [5, 5.41) is -0.610. The van der Waals surface area contributed by atoms with Gasteiger partial charge >= 0.3 is 0 Å². The van der Waals surface area contributed by atoms with Gasteiger partial charge in [-0.3, -0.25) is 4.57 Å². The smallest absolute Gasteiger partial charge is 0.200 e. The molecule has 0 atom stereocenters. The molecule has 25 heavy (non-hydrogen) atoms. The number of imidazole rings is 1. The summed E-state index contributed by atoms with van der Waals surface area (Å²) in [5.74, 6) is -9.84. The predicted molar refractivity (Wildman–Crippen MR) is 89.4 cm³/mol. The lowest BCUT2D eigenvalue weighted by Gasteiger charge is -2.40. The molecule has 1 aromatic heterocycles. The largest absolute Gasteiger partial charge is 0.294 e. The topological polar surface area (TPSA) is 17.8 Å². The normalized spacial score (nSPS) is 13.0. The van der Waals surface area contributed by atoms with E-state index >= 15 is 0 Å². The molecule has 0 saturated carbocycles. The monoisotopic (exact) mass is 378 g/mol. The Kier molecular flexibility index (Phi) is 5.03. The number of nitrogens with zero attached hydrogens (tertiary/aromatic N) is 2. The number of halogens is 5. The maximum atomic E-state index is 14.2. The van der Waals surface area contributed by atoms with Crippen molar-refractivity contribution in [3.8, 4) is 5.69 Å². The SMILES string of the molecule is CC(C)(C)P(c1nccn1-c1c(F)c(F)c(F)c(F)c1F)C(C)(C)C. The van der Waals surface area contributed by atoms with Gasteiger partial charge in [-0.15, -0.1) is 0 Å². The van der Waals surface area contributed by atoms with Crippen LogP contribution in [0.4, 0.5) is 22.0 Å². The molecular weight excluding hydrogens is 358 g/mol. The molecule has 0 bridgehead atoms. The summed E-state index contributed by atoms with van der Waals surface area (Å²) in [4.78, 5) is 4.21. The highest BCUT2D eigenvalue weighted by molar-refractivity contribution is 7.68. The average Bonchev–Trinajstić information content (AvgIpc) is 2.89. The van der Waals surface area contributed by atoms with Gasteiger partial charge in [-0.05, 0) is 18.2 Å². The molecule has 0 unspecified atom stereocenters. The number of aromatic nitrogens is 2. The highest BCUT2D eigenvalue weighted by atomic mass is 31.1. The second-order valence-corrected chi connectivity index (χ2v) is 11.4. The molecule has 8 heteroatoms. The molecule has 0 aliphatic rings. The van der Waals surface area contributed by atoms with Crippen LogP contribution in [0.2, 0.25) is 0 Å². The van der Waals surface area contributed by atoms with E-state index < -0.39 is 42.7 Å². The highest BCUT2D eigenvalue weighted by Crippen LogP contribution is 2.58. The zero-order valence-electron chi connectivity index (χ0n) is 14.9. The molecule has 0 aliphatic heterocycles. The lowest BCUT2D eigenvalue weighted by molar-refractivity contribution is 0.376. The molecule has 0 saturated heterocycles. The first kappa shape index (κ1) is 19.8. The van der Waals surface area contributed by atoms with Crippen molar-refractivity contribution in [2.45, 2.75) is 51.9 Å². The Bertz CT molecular complexity index is 760. The van der Waals surface area contributed by atoms with E-state index in [1.165, 1.54) is 12.4 Å². The first-order valence-electron chi connectivity index (χ1n) is 7.64. The Hall–Kier alpha value is -1.49. The zero-order chi connectivity index (χ0) is 19.3. The lowest BCUT2D eigenvalue weighted by atomic mass is 10.2. The minimum absolute atomic E-state index is 0.304. The minimum atomic E-state index is -2.17. The van der Waals surface area contributed by atoms with Crippen LogP contribution in [0.5, 0.6) is 0 Å². The molecule has 1 heterocycles. The molecule has 0 aliphatic carbocycles. The number of benzene rings is 1. The molecule has 0 fully saturated rings. The van der Waals surface area contributed by atoms with E-state index in [9.17, 15) is 22.0 Å². The van der Waals surface area contributed by atoms with E-state index in [0.29, 0.717) is 5.57 Å². The first-order chi connectivity index (χ1) is 11.3. The van der Waals surface area contributed by atoms with Gasteiger partial charge in [0.05, 0.1) is 0 Å². The van der Waals surface area contributed by atoms with Gasteiger partial charge in [0, 0.05) is 12.4 Å². The van der Waals surface area contributed by atoms with Gasteiger partial charge in [0.15, 0.2) is 23.3 Å². The summed E-state index contributed by atoms with van der Waals surface area (Å²) in [6, 6.07) is 0. The van der Waals surface area contributed by atoms with Crippen LogP contribution in [0.15, 0.2) is 12.4 Å². The fourth-order valence-electron chi connectivity index (χ4n) is 3.05. The maximum Gasteiger partial charge on any atom is 0.200 e.